The van der Waals surface area contributed by atoms with E-state index in [1.165, 1.54) is 55.3 Å². The zero-order valence-electron chi connectivity index (χ0n) is 32.2. The minimum absolute atomic E-state index is 0.124. The fourth-order valence-electron chi connectivity index (χ4n) is 8.75. The topological polar surface area (TPSA) is 6.48 Å². The van der Waals surface area contributed by atoms with Crippen LogP contribution in [0.25, 0.3) is 44.2 Å². The Labute approximate surface area is 335 Å². The Morgan fingerprint density at radius 1 is 0.298 bits per heavy atom. The zero-order chi connectivity index (χ0) is 38.3. The molecule has 0 spiro atoms. The summed E-state index contributed by atoms with van der Waals surface area (Å²) < 4.78 is 0. The Bertz CT molecular complexity index is 2860. The second-order valence-electron chi connectivity index (χ2n) is 15.4. The number of anilines is 6. The van der Waals surface area contributed by atoms with Crippen molar-refractivity contribution in [3.63, 3.8) is 0 Å². The molecule has 0 saturated carbocycles. The van der Waals surface area contributed by atoms with Crippen molar-refractivity contribution in [2.45, 2.75) is 19.3 Å². The highest BCUT2D eigenvalue weighted by Gasteiger charge is 2.35. The molecule has 0 saturated heterocycles. The third-order valence-corrected chi connectivity index (χ3v) is 11.6. The van der Waals surface area contributed by atoms with Gasteiger partial charge in [0.2, 0.25) is 0 Å². The molecule has 0 fully saturated rings. The highest BCUT2D eigenvalue weighted by atomic mass is 15.2. The van der Waals surface area contributed by atoms with Crippen molar-refractivity contribution in [2.75, 3.05) is 9.80 Å². The van der Waals surface area contributed by atoms with Gasteiger partial charge < -0.3 is 9.80 Å². The lowest BCUT2D eigenvalue weighted by Gasteiger charge is -2.31. The van der Waals surface area contributed by atoms with E-state index in [0.29, 0.717) is 0 Å². The van der Waals surface area contributed by atoms with Crippen molar-refractivity contribution in [2.24, 2.45) is 0 Å². The van der Waals surface area contributed by atoms with E-state index in [9.17, 15) is 0 Å². The standard InChI is InChI=1S/C55H42N2/c1-55(2)52-28-15-14-27-49(52)50-34-33-48(38-53(50)55)56(45-31-29-40(30-32-45)39-17-6-3-7-18-39)46-25-16-26-47(37-46)57(44-23-10-5-11-24-44)54-36-43-22-13-12-21-42(43)35-51(54)41-19-8-4-9-20-41/h3-38H,1-2H3. The molecule has 0 N–H and O–H groups in total. The Kier molecular flexibility index (Phi) is 8.53. The van der Waals surface area contributed by atoms with Crippen LogP contribution in [0.15, 0.2) is 218 Å². The third kappa shape index (κ3) is 6.16. The molecule has 1 aliphatic rings. The summed E-state index contributed by atoms with van der Waals surface area (Å²) in [5.41, 5.74) is 16.6. The molecular weight excluding hydrogens is 689 g/mol. The maximum atomic E-state index is 2.42. The summed E-state index contributed by atoms with van der Waals surface area (Å²) in [5.74, 6) is 0. The van der Waals surface area contributed by atoms with Crippen molar-refractivity contribution in [3.05, 3.63) is 230 Å². The minimum Gasteiger partial charge on any atom is -0.310 e. The Balaban J connectivity index is 1.17. The number of para-hydroxylation sites is 1. The van der Waals surface area contributed by atoms with Crippen LogP contribution in [0.4, 0.5) is 34.1 Å². The lowest BCUT2D eigenvalue weighted by Crippen LogP contribution is -2.17. The summed E-state index contributed by atoms with van der Waals surface area (Å²) in [6.45, 7) is 4.71. The molecule has 0 bridgehead atoms. The second-order valence-corrected chi connectivity index (χ2v) is 15.4. The van der Waals surface area contributed by atoms with Gasteiger partial charge in [-0.15, -0.1) is 0 Å². The van der Waals surface area contributed by atoms with Gasteiger partial charge in [-0.1, -0.05) is 166 Å². The van der Waals surface area contributed by atoms with E-state index in [1.54, 1.807) is 0 Å². The molecule has 272 valence electrons. The van der Waals surface area contributed by atoms with Crippen LogP contribution in [0, 0.1) is 0 Å². The minimum atomic E-state index is -0.124. The lowest BCUT2D eigenvalue weighted by atomic mass is 9.82. The normalized spacial score (nSPS) is 12.5. The molecule has 0 heterocycles. The van der Waals surface area contributed by atoms with E-state index >= 15 is 0 Å². The Hall–Kier alpha value is -7.16. The fraction of sp³-hybridized carbons (Fsp3) is 0.0545. The van der Waals surface area contributed by atoms with Gasteiger partial charge in [0.25, 0.3) is 0 Å². The Morgan fingerprint density at radius 2 is 0.789 bits per heavy atom. The Morgan fingerprint density at radius 3 is 1.51 bits per heavy atom. The van der Waals surface area contributed by atoms with Gasteiger partial charge in [-0.05, 0) is 116 Å². The van der Waals surface area contributed by atoms with Crippen LogP contribution in [0.5, 0.6) is 0 Å². The molecule has 0 unspecified atom stereocenters. The van der Waals surface area contributed by atoms with E-state index in [0.717, 1.165) is 34.1 Å². The summed E-state index contributed by atoms with van der Waals surface area (Å²) in [5, 5.41) is 2.42. The summed E-state index contributed by atoms with van der Waals surface area (Å²) in [6, 6.07) is 79.4. The van der Waals surface area contributed by atoms with Gasteiger partial charge in [0.15, 0.2) is 0 Å². The van der Waals surface area contributed by atoms with Gasteiger partial charge in [-0.25, -0.2) is 0 Å². The van der Waals surface area contributed by atoms with Crippen LogP contribution in [-0.4, -0.2) is 0 Å². The smallest absolute Gasteiger partial charge is 0.0546 e. The predicted molar refractivity (Wildman–Crippen MR) is 242 cm³/mol. The summed E-state index contributed by atoms with van der Waals surface area (Å²) >= 11 is 0. The first-order valence-electron chi connectivity index (χ1n) is 19.8. The molecule has 9 aromatic rings. The molecule has 0 atom stereocenters. The van der Waals surface area contributed by atoms with Crippen molar-refractivity contribution in [3.8, 4) is 33.4 Å². The average molecular weight is 731 g/mol. The maximum Gasteiger partial charge on any atom is 0.0546 e. The summed E-state index contributed by atoms with van der Waals surface area (Å²) in [4.78, 5) is 4.83. The molecule has 0 amide bonds. The van der Waals surface area contributed by atoms with E-state index in [2.05, 4.69) is 242 Å². The SMILES string of the molecule is CC1(C)c2ccccc2-c2ccc(N(c3ccc(-c4ccccc4)cc3)c3cccc(N(c4ccccc4)c4cc5ccccc5cc4-c4ccccc4)c3)cc21. The molecule has 0 aliphatic heterocycles. The molecule has 57 heavy (non-hydrogen) atoms. The molecule has 10 rings (SSSR count). The molecule has 9 aromatic carbocycles. The molecule has 0 aromatic heterocycles. The van der Waals surface area contributed by atoms with E-state index in [1.807, 2.05) is 0 Å². The number of hydrogen-bond acceptors (Lipinski definition) is 2. The van der Waals surface area contributed by atoms with Gasteiger partial charge in [0, 0.05) is 39.4 Å². The number of nitrogens with zero attached hydrogens (tertiary/aromatic N) is 2. The molecule has 1 aliphatic carbocycles. The molecular formula is C55H42N2. The van der Waals surface area contributed by atoms with Crippen molar-refractivity contribution < 1.29 is 0 Å². The maximum absolute atomic E-state index is 2.42. The highest BCUT2D eigenvalue weighted by Crippen LogP contribution is 2.51. The van der Waals surface area contributed by atoms with Crippen molar-refractivity contribution in [1.29, 1.82) is 0 Å². The second kappa shape index (κ2) is 14.2. The number of hydrogen-bond donors (Lipinski definition) is 0. The number of rotatable bonds is 8. The summed E-state index contributed by atoms with van der Waals surface area (Å²) in [6.07, 6.45) is 0. The van der Waals surface area contributed by atoms with Crippen LogP contribution < -0.4 is 9.80 Å². The van der Waals surface area contributed by atoms with Gasteiger partial charge in [0.05, 0.1) is 5.69 Å². The van der Waals surface area contributed by atoms with Crippen LogP contribution in [-0.2, 0) is 5.41 Å². The molecule has 2 heteroatoms. The van der Waals surface area contributed by atoms with Gasteiger partial charge in [-0.2, -0.15) is 0 Å². The van der Waals surface area contributed by atoms with E-state index < -0.39 is 0 Å². The van der Waals surface area contributed by atoms with Gasteiger partial charge in [0.1, 0.15) is 0 Å². The van der Waals surface area contributed by atoms with Crippen LogP contribution in [0.2, 0.25) is 0 Å². The first-order chi connectivity index (χ1) is 28.0. The van der Waals surface area contributed by atoms with Gasteiger partial charge >= 0.3 is 0 Å². The average Bonchev–Trinajstić information content (AvgIpc) is 3.50. The monoisotopic (exact) mass is 730 g/mol. The van der Waals surface area contributed by atoms with Gasteiger partial charge in [-0.3, -0.25) is 0 Å². The van der Waals surface area contributed by atoms with E-state index in [-0.39, 0.29) is 5.41 Å². The first-order valence-corrected chi connectivity index (χ1v) is 19.8. The van der Waals surface area contributed by atoms with Crippen LogP contribution >= 0.6 is 0 Å². The molecule has 0 radical (unpaired) electrons. The molecule has 2 nitrogen and oxygen atoms in total. The van der Waals surface area contributed by atoms with Crippen molar-refractivity contribution in [1.82, 2.24) is 0 Å². The quantitative estimate of drug-likeness (QED) is 0.154. The van der Waals surface area contributed by atoms with Crippen LogP contribution in [0.3, 0.4) is 0 Å². The third-order valence-electron chi connectivity index (χ3n) is 11.6. The predicted octanol–water partition coefficient (Wildman–Crippen LogP) is 15.4. The fourth-order valence-corrected chi connectivity index (χ4v) is 8.75. The first kappa shape index (κ1) is 34.3. The highest BCUT2D eigenvalue weighted by molar-refractivity contribution is 5.99. The van der Waals surface area contributed by atoms with Crippen LogP contribution in [0.1, 0.15) is 25.0 Å². The van der Waals surface area contributed by atoms with Crippen molar-refractivity contribution >= 4 is 44.9 Å². The van der Waals surface area contributed by atoms with E-state index in [4.69, 9.17) is 0 Å². The summed E-state index contributed by atoms with van der Waals surface area (Å²) in [7, 11) is 0. The number of fused-ring (bicyclic) bond motifs is 4. The largest absolute Gasteiger partial charge is 0.310 e. The lowest BCUT2D eigenvalue weighted by molar-refractivity contribution is 0.660. The number of benzene rings is 9. The zero-order valence-corrected chi connectivity index (χ0v) is 32.2.